The maximum atomic E-state index is 6.17. The minimum absolute atomic E-state index is 0. The largest absolute Gasteiger partial charge is 0.487 e. The Morgan fingerprint density at radius 2 is 2.10 bits per heavy atom. The van der Waals surface area contributed by atoms with Gasteiger partial charge in [0.2, 0.25) is 5.82 Å². The lowest BCUT2D eigenvalue weighted by Gasteiger charge is -2.20. The van der Waals surface area contributed by atoms with Crippen LogP contribution in [0.2, 0.25) is 5.02 Å². The molecule has 2 aromatic heterocycles. The third-order valence-corrected chi connectivity index (χ3v) is 4.55. The molecular weight excluding hydrogens is 519 g/mol. The first-order chi connectivity index (χ1) is 14.2. The van der Waals surface area contributed by atoms with Gasteiger partial charge in [0.25, 0.3) is 0 Å². The Bertz CT molecular complexity index is 916. The molecule has 0 amide bonds. The Labute approximate surface area is 197 Å². The average molecular weight is 545 g/mol. The van der Waals surface area contributed by atoms with Crippen molar-refractivity contribution in [2.45, 2.75) is 25.9 Å². The molecular formula is C20H26ClIN6O2. The Balaban J connectivity index is 0.00000320. The number of benzene rings is 1. The first-order valence-corrected chi connectivity index (χ1v) is 9.88. The summed E-state index contributed by atoms with van der Waals surface area (Å²) < 4.78 is 11.3. The van der Waals surface area contributed by atoms with Gasteiger partial charge in [0, 0.05) is 20.0 Å². The fraction of sp³-hybridized carbons (Fsp3) is 0.350. The molecule has 1 atom stereocenters. The Morgan fingerprint density at radius 3 is 2.80 bits per heavy atom. The number of nitrogens with one attached hydrogen (secondary N) is 3. The Morgan fingerprint density at radius 1 is 1.27 bits per heavy atom. The van der Waals surface area contributed by atoms with E-state index in [4.69, 9.17) is 20.8 Å². The summed E-state index contributed by atoms with van der Waals surface area (Å²) >= 11 is 6.17. The first kappa shape index (κ1) is 24.0. The van der Waals surface area contributed by atoms with E-state index in [2.05, 4.69) is 37.7 Å². The molecule has 0 bridgehead atoms. The van der Waals surface area contributed by atoms with Gasteiger partial charge in [-0.25, -0.2) is 4.98 Å². The molecule has 0 aliphatic carbocycles. The van der Waals surface area contributed by atoms with Crippen molar-refractivity contribution in [2.24, 2.45) is 4.99 Å². The zero-order chi connectivity index (χ0) is 20.5. The van der Waals surface area contributed by atoms with Crippen molar-refractivity contribution in [3.63, 3.8) is 0 Å². The average Bonchev–Trinajstić information content (AvgIpc) is 3.42. The third kappa shape index (κ3) is 6.91. The van der Waals surface area contributed by atoms with E-state index in [-0.39, 0.29) is 30.1 Å². The van der Waals surface area contributed by atoms with Crippen molar-refractivity contribution >= 4 is 41.5 Å². The van der Waals surface area contributed by atoms with Gasteiger partial charge >= 0.3 is 0 Å². The van der Waals surface area contributed by atoms with Crippen LogP contribution in [-0.2, 0) is 6.42 Å². The molecule has 30 heavy (non-hydrogen) atoms. The number of rotatable bonds is 9. The van der Waals surface area contributed by atoms with Crippen molar-refractivity contribution in [3.8, 4) is 17.3 Å². The minimum Gasteiger partial charge on any atom is -0.487 e. The molecule has 3 rings (SSSR count). The molecule has 3 N–H and O–H groups in total. The number of halogens is 2. The van der Waals surface area contributed by atoms with E-state index in [1.165, 1.54) is 0 Å². The van der Waals surface area contributed by atoms with Gasteiger partial charge in [-0.2, -0.15) is 5.10 Å². The van der Waals surface area contributed by atoms with Gasteiger partial charge in [-0.05, 0) is 30.7 Å². The normalized spacial score (nSPS) is 12.2. The lowest BCUT2D eigenvalue weighted by Crippen LogP contribution is -2.43. The number of aromatic amines is 1. The fourth-order valence-corrected chi connectivity index (χ4v) is 2.82. The number of aromatic nitrogens is 3. The van der Waals surface area contributed by atoms with Crippen molar-refractivity contribution in [2.75, 3.05) is 20.1 Å². The number of furan rings is 1. The maximum Gasteiger partial charge on any atom is 0.216 e. The predicted octanol–water partition coefficient (Wildman–Crippen LogP) is 3.90. The van der Waals surface area contributed by atoms with E-state index in [1.807, 2.05) is 36.4 Å². The smallest absolute Gasteiger partial charge is 0.216 e. The van der Waals surface area contributed by atoms with Crippen molar-refractivity contribution < 1.29 is 9.15 Å². The molecule has 0 saturated heterocycles. The number of nitrogens with zero attached hydrogens (tertiary/aromatic N) is 3. The molecule has 0 aliphatic rings. The lowest BCUT2D eigenvalue weighted by atomic mass is 10.2. The van der Waals surface area contributed by atoms with Gasteiger partial charge in [-0.3, -0.25) is 10.1 Å². The van der Waals surface area contributed by atoms with E-state index >= 15 is 0 Å². The van der Waals surface area contributed by atoms with Crippen LogP contribution >= 0.6 is 35.6 Å². The summed E-state index contributed by atoms with van der Waals surface area (Å²) in [5.41, 5.74) is 0. The minimum atomic E-state index is -0.0291. The van der Waals surface area contributed by atoms with Gasteiger partial charge in [0.15, 0.2) is 11.7 Å². The quantitative estimate of drug-likeness (QED) is 0.215. The number of hydrogen-bond acceptors (Lipinski definition) is 5. The maximum absolute atomic E-state index is 6.17. The monoisotopic (exact) mass is 544 g/mol. The number of guanidine groups is 1. The van der Waals surface area contributed by atoms with Crippen LogP contribution in [0.15, 0.2) is 52.1 Å². The van der Waals surface area contributed by atoms with Crippen LogP contribution < -0.4 is 15.4 Å². The standard InChI is InChI=1S/C20H25ClN6O2.HI/c1-3-14(29-16-8-5-4-7-15(16)21)13-24-20(22-2)23-11-10-18-25-19(27-26-18)17-9-6-12-28-17;/h4-9,12,14H,3,10-11,13H2,1-2H3,(H2,22,23,24)(H,25,26,27);1H. The molecule has 0 fully saturated rings. The Kier molecular flexibility index (Phi) is 9.95. The fourth-order valence-electron chi connectivity index (χ4n) is 2.64. The van der Waals surface area contributed by atoms with Crippen LogP contribution in [0.3, 0.4) is 0 Å². The summed E-state index contributed by atoms with van der Waals surface area (Å²) in [7, 11) is 1.73. The van der Waals surface area contributed by atoms with Gasteiger partial charge in [0.1, 0.15) is 17.7 Å². The molecule has 1 aromatic carbocycles. The summed E-state index contributed by atoms with van der Waals surface area (Å²) in [6, 6.07) is 11.1. The molecule has 0 radical (unpaired) electrons. The molecule has 0 aliphatic heterocycles. The zero-order valence-electron chi connectivity index (χ0n) is 16.9. The van der Waals surface area contributed by atoms with Gasteiger partial charge < -0.3 is 19.8 Å². The summed E-state index contributed by atoms with van der Waals surface area (Å²) in [6.45, 7) is 3.32. The first-order valence-electron chi connectivity index (χ1n) is 9.50. The summed E-state index contributed by atoms with van der Waals surface area (Å²) in [5.74, 6) is 3.34. The summed E-state index contributed by atoms with van der Waals surface area (Å²) in [6.07, 6.45) is 3.07. The number of aliphatic imine (C=N–C) groups is 1. The molecule has 10 heteroatoms. The number of ether oxygens (including phenoxy) is 1. The Hall–Kier alpha value is -2.27. The van der Waals surface area contributed by atoms with E-state index in [9.17, 15) is 0 Å². The van der Waals surface area contributed by atoms with Gasteiger partial charge in [-0.15, -0.1) is 24.0 Å². The second-order valence-corrected chi connectivity index (χ2v) is 6.70. The van der Waals surface area contributed by atoms with Crippen LogP contribution in [0.5, 0.6) is 5.75 Å². The van der Waals surface area contributed by atoms with E-state index in [0.717, 1.165) is 12.2 Å². The zero-order valence-corrected chi connectivity index (χ0v) is 20.0. The number of para-hydroxylation sites is 1. The highest BCUT2D eigenvalue weighted by atomic mass is 127. The lowest BCUT2D eigenvalue weighted by molar-refractivity contribution is 0.199. The van der Waals surface area contributed by atoms with Crippen molar-refractivity contribution in [1.82, 2.24) is 25.8 Å². The molecule has 0 spiro atoms. The predicted molar refractivity (Wildman–Crippen MR) is 129 cm³/mol. The molecule has 162 valence electrons. The highest BCUT2D eigenvalue weighted by Crippen LogP contribution is 2.24. The number of hydrogen-bond donors (Lipinski definition) is 3. The highest BCUT2D eigenvalue weighted by molar-refractivity contribution is 14.0. The van der Waals surface area contributed by atoms with Gasteiger partial charge in [-0.1, -0.05) is 30.7 Å². The van der Waals surface area contributed by atoms with Crippen molar-refractivity contribution in [1.29, 1.82) is 0 Å². The molecule has 3 aromatic rings. The summed E-state index contributed by atoms with van der Waals surface area (Å²) in [5, 5.41) is 14.2. The van der Waals surface area contributed by atoms with Crippen LogP contribution in [0.4, 0.5) is 0 Å². The molecule has 8 nitrogen and oxygen atoms in total. The van der Waals surface area contributed by atoms with Crippen LogP contribution in [0.25, 0.3) is 11.6 Å². The second kappa shape index (κ2) is 12.4. The van der Waals surface area contributed by atoms with E-state index in [1.54, 1.807) is 13.3 Å². The van der Waals surface area contributed by atoms with Gasteiger partial charge in [0.05, 0.1) is 17.8 Å². The van der Waals surface area contributed by atoms with Crippen LogP contribution in [0.1, 0.15) is 19.2 Å². The third-order valence-electron chi connectivity index (χ3n) is 4.23. The van der Waals surface area contributed by atoms with E-state index < -0.39 is 0 Å². The molecule has 1 unspecified atom stereocenters. The van der Waals surface area contributed by atoms with Crippen LogP contribution in [-0.4, -0.2) is 47.4 Å². The topological polar surface area (TPSA) is 100 Å². The summed E-state index contributed by atoms with van der Waals surface area (Å²) in [4.78, 5) is 8.67. The van der Waals surface area contributed by atoms with Crippen LogP contribution in [0, 0.1) is 0 Å². The highest BCUT2D eigenvalue weighted by Gasteiger charge is 2.12. The molecule has 2 heterocycles. The number of H-pyrrole nitrogens is 1. The van der Waals surface area contributed by atoms with Crippen molar-refractivity contribution in [3.05, 3.63) is 53.5 Å². The van der Waals surface area contributed by atoms with E-state index in [0.29, 0.717) is 47.8 Å². The SMILES string of the molecule is CCC(CNC(=NC)NCCc1nc(-c2ccco2)n[nH]1)Oc1ccccc1Cl.I. The molecule has 0 saturated carbocycles. The second-order valence-electron chi connectivity index (χ2n) is 6.29.